The van der Waals surface area contributed by atoms with E-state index in [9.17, 15) is 0 Å². The zero-order valence-corrected chi connectivity index (χ0v) is 17.5. The lowest BCUT2D eigenvalue weighted by atomic mass is 10.2. The summed E-state index contributed by atoms with van der Waals surface area (Å²) in [5.74, 6) is 1.96. The van der Waals surface area contributed by atoms with Gasteiger partial charge in [-0.15, -0.1) is 24.0 Å². The third-order valence-corrected chi connectivity index (χ3v) is 4.36. The van der Waals surface area contributed by atoms with E-state index in [1.807, 2.05) is 6.20 Å². The second-order valence-corrected chi connectivity index (χ2v) is 6.02. The van der Waals surface area contributed by atoms with Gasteiger partial charge in [-0.3, -0.25) is 0 Å². The summed E-state index contributed by atoms with van der Waals surface area (Å²) in [5.41, 5.74) is 1.14. The summed E-state index contributed by atoms with van der Waals surface area (Å²) in [6.45, 7) is 9.92. The summed E-state index contributed by atoms with van der Waals surface area (Å²) in [5, 5.41) is 6.88. The van der Waals surface area contributed by atoms with Gasteiger partial charge < -0.3 is 15.5 Å². The van der Waals surface area contributed by atoms with Crippen LogP contribution in [0.5, 0.6) is 0 Å². The van der Waals surface area contributed by atoms with E-state index in [0.717, 1.165) is 37.0 Å². The Morgan fingerprint density at radius 2 is 1.92 bits per heavy atom. The molecule has 1 aliphatic rings. The van der Waals surface area contributed by atoms with Gasteiger partial charge in [0.05, 0.1) is 6.54 Å². The summed E-state index contributed by atoms with van der Waals surface area (Å²) in [4.78, 5) is 11.5. The maximum atomic E-state index is 4.70. The van der Waals surface area contributed by atoms with Gasteiger partial charge in [-0.1, -0.05) is 18.9 Å². The van der Waals surface area contributed by atoms with Gasteiger partial charge in [0, 0.05) is 31.9 Å². The lowest BCUT2D eigenvalue weighted by Gasteiger charge is -2.19. The highest BCUT2D eigenvalue weighted by Gasteiger charge is 2.15. The maximum absolute atomic E-state index is 4.70. The number of hydrogen-bond donors (Lipinski definition) is 2. The van der Waals surface area contributed by atoms with Crippen molar-refractivity contribution in [2.75, 3.05) is 24.5 Å². The molecule has 136 valence electrons. The van der Waals surface area contributed by atoms with Crippen molar-refractivity contribution in [3.63, 3.8) is 0 Å². The average Bonchev–Trinajstić information content (AvgIpc) is 3.08. The molecule has 0 amide bonds. The monoisotopic (exact) mass is 445 g/mol. The molecule has 24 heavy (non-hydrogen) atoms. The molecule has 5 nitrogen and oxygen atoms in total. The van der Waals surface area contributed by atoms with Crippen LogP contribution in [0, 0.1) is 0 Å². The summed E-state index contributed by atoms with van der Waals surface area (Å²) in [6.07, 6.45) is 7.10. The van der Waals surface area contributed by atoms with E-state index < -0.39 is 0 Å². The molecule has 0 aliphatic heterocycles. The van der Waals surface area contributed by atoms with Gasteiger partial charge in [-0.2, -0.15) is 0 Å². The zero-order chi connectivity index (χ0) is 16.5. The van der Waals surface area contributed by atoms with Crippen molar-refractivity contribution in [2.45, 2.75) is 59.0 Å². The van der Waals surface area contributed by atoms with Crippen LogP contribution >= 0.6 is 24.0 Å². The van der Waals surface area contributed by atoms with Crippen LogP contribution in [0.1, 0.15) is 52.0 Å². The molecule has 2 rings (SSSR count). The van der Waals surface area contributed by atoms with Crippen molar-refractivity contribution < 1.29 is 0 Å². The molecule has 1 aromatic rings. The van der Waals surface area contributed by atoms with E-state index >= 15 is 0 Å². The summed E-state index contributed by atoms with van der Waals surface area (Å²) in [7, 11) is 0. The summed E-state index contributed by atoms with van der Waals surface area (Å²) >= 11 is 0. The number of guanidine groups is 1. The van der Waals surface area contributed by atoms with Crippen molar-refractivity contribution in [1.29, 1.82) is 0 Å². The van der Waals surface area contributed by atoms with Crippen LogP contribution in [0.3, 0.4) is 0 Å². The molecule has 1 aromatic heterocycles. The van der Waals surface area contributed by atoms with Crippen LogP contribution < -0.4 is 15.5 Å². The predicted molar refractivity (Wildman–Crippen MR) is 113 cm³/mol. The highest BCUT2D eigenvalue weighted by molar-refractivity contribution is 14.0. The third kappa shape index (κ3) is 6.45. The normalized spacial score (nSPS) is 15.0. The molecular formula is C18H32IN5. The molecule has 1 aliphatic carbocycles. The van der Waals surface area contributed by atoms with Gasteiger partial charge in [0.2, 0.25) is 0 Å². The lowest BCUT2D eigenvalue weighted by Crippen LogP contribution is -2.42. The Morgan fingerprint density at radius 1 is 1.21 bits per heavy atom. The van der Waals surface area contributed by atoms with Crippen molar-refractivity contribution in [1.82, 2.24) is 15.6 Å². The Hall–Kier alpha value is -1.05. The number of anilines is 1. The third-order valence-electron chi connectivity index (χ3n) is 4.36. The molecule has 0 atom stereocenters. The fourth-order valence-electron chi connectivity index (χ4n) is 3.00. The molecule has 0 radical (unpaired) electrons. The van der Waals surface area contributed by atoms with E-state index in [0.29, 0.717) is 12.6 Å². The topological polar surface area (TPSA) is 52.6 Å². The predicted octanol–water partition coefficient (Wildman–Crippen LogP) is 3.54. The van der Waals surface area contributed by atoms with Crippen LogP contribution in [0.4, 0.5) is 5.82 Å². The quantitative estimate of drug-likeness (QED) is 0.383. The van der Waals surface area contributed by atoms with E-state index in [1.54, 1.807) is 0 Å². The molecule has 0 spiro atoms. The number of halogens is 1. The fraction of sp³-hybridized carbons (Fsp3) is 0.667. The average molecular weight is 445 g/mol. The molecular weight excluding hydrogens is 413 g/mol. The first kappa shape index (κ1) is 21.0. The van der Waals surface area contributed by atoms with Crippen molar-refractivity contribution in [3.8, 4) is 0 Å². The molecule has 2 N–H and O–H groups in total. The SMILES string of the molecule is CCNC(=NCc1ccc(N(CC)CC)nc1)NC1CCCC1.I. The lowest BCUT2D eigenvalue weighted by molar-refractivity contribution is 0.614. The number of nitrogens with one attached hydrogen (secondary N) is 2. The molecule has 1 heterocycles. The minimum absolute atomic E-state index is 0. The highest BCUT2D eigenvalue weighted by atomic mass is 127. The van der Waals surface area contributed by atoms with Gasteiger partial charge in [0.25, 0.3) is 0 Å². The number of nitrogens with zero attached hydrogens (tertiary/aromatic N) is 3. The minimum atomic E-state index is 0. The van der Waals surface area contributed by atoms with Gasteiger partial charge >= 0.3 is 0 Å². The minimum Gasteiger partial charge on any atom is -0.357 e. The van der Waals surface area contributed by atoms with Crippen molar-refractivity contribution in [2.24, 2.45) is 4.99 Å². The number of aromatic nitrogens is 1. The Bertz CT molecular complexity index is 479. The molecule has 0 bridgehead atoms. The van der Waals surface area contributed by atoms with Crippen molar-refractivity contribution in [3.05, 3.63) is 23.9 Å². The largest absolute Gasteiger partial charge is 0.357 e. The second-order valence-electron chi connectivity index (χ2n) is 6.02. The first-order chi connectivity index (χ1) is 11.3. The van der Waals surface area contributed by atoms with E-state index in [2.05, 4.69) is 53.4 Å². The smallest absolute Gasteiger partial charge is 0.191 e. The van der Waals surface area contributed by atoms with Gasteiger partial charge in [-0.25, -0.2) is 9.98 Å². The highest BCUT2D eigenvalue weighted by Crippen LogP contribution is 2.17. The van der Waals surface area contributed by atoms with Crippen molar-refractivity contribution >= 4 is 35.8 Å². The summed E-state index contributed by atoms with van der Waals surface area (Å²) < 4.78 is 0. The van der Waals surface area contributed by atoms with Crippen LogP contribution in [0.2, 0.25) is 0 Å². The first-order valence-electron chi connectivity index (χ1n) is 9.01. The van der Waals surface area contributed by atoms with Crippen LogP contribution in [-0.4, -0.2) is 36.6 Å². The molecule has 6 heteroatoms. The molecule has 1 fully saturated rings. The van der Waals surface area contributed by atoms with Crippen LogP contribution in [0.25, 0.3) is 0 Å². The number of rotatable bonds is 7. The van der Waals surface area contributed by atoms with Crippen LogP contribution in [0.15, 0.2) is 23.3 Å². The van der Waals surface area contributed by atoms with Gasteiger partial charge in [0.1, 0.15) is 5.82 Å². The van der Waals surface area contributed by atoms with E-state index in [-0.39, 0.29) is 24.0 Å². The number of pyridine rings is 1. The first-order valence-corrected chi connectivity index (χ1v) is 9.01. The van der Waals surface area contributed by atoms with E-state index in [4.69, 9.17) is 4.99 Å². The Labute approximate surface area is 163 Å². The van der Waals surface area contributed by atoms with Crippen LogP contribution in [-0.2, 0) is 6.54 Å². The number of aliphatic imine (C=N–C) groups is 1. The van der Waals surface area contributed by atoms with E-state index in [1.165, 1.54) is 25.7 Å². The standard InChI is InChI=1S/C18H31N5.HI/c1-4-19-18(22-16-9-7-8-10-16)21-14-15-11-12-17(20-13-15)23(5-2)6-3;/h11-13,16H,4-10,14H2,1-3H3,(H2,19,21,22);1H. The molecule has 0 unspecified atom stereocenters. The summed E-state index contributed by atoms with van der Waals surface area (Å²) in [6, 6.07) is 4.80. The number of hydrogen-bond acceptors (Lipinski definition) is 3. The molecule has 1 saturated carbocycles. The molecule has 0 saturated heterocycles. The molecule has 0 aromatic carbocycles. The van der Waals surface area contributed by atoms with Gasteiger partial charge in [-0.05, 0) is 45.2 Å². The zero-order valence-electron chi connectivity index (χ0n) is 15.2. The fourth-order valence-corrected chi connectivity index (χ4v) is 3.00. The van der Waals surface area contributed by atoms with Gasteiger partial charge in [0.15, 0.2) is 5.96 Å². The Balaban J connectivity index is 0.00000288. The Kier molecular flexibility index (Phi) is 10.1. The maximum Gasteiger partial charge on any atom is 0.191 e. The Morgan fingerprint density at radius 3 is 2.46 bits per heavy atom. The second kappa shape index (κ2) is 11.5.